The number of carbonyl (C=O) groups excluding carboxylic acids is 2. The van der Waals surface area contributed by atoms with Crippen molar-refractivity contribution in [3.8, 4) is 5.75 Å². The Labute approximate surface area is 192 Å². The van der Waals surface area contributed by atoms with Crippen LogP contribution in [0, 0.1) is 0 Å². The molecule has 0 aliphatic heterocycles. The van der Waals surface area contributed by atoms with Crippen molar-refractivity contribution in [3.05, 3.63) is 88.1 Å². The predicted molar refractivity (Wildman–Crippen MR) is 126 cm³/mol. The number of nitrogens with zero attached hydrogens (tertiary/aromatic N) is 1. The van der Waals surface area contributed by atoms with Crippen molar-refractivity contribution in [2.24, 2.45) is 0 Å². The lowest BCUT2D eigenvalue weighted by atomic mass is 10.0. The fourth-order valence-electron chi connectivity index (χ4n) is 3.39. The molecule has 7 heteroatoms. The van der Waals surface area contributed by atoms with Gasteiger partial charge in [-0.1, -0.05) is 48.5 Å². The van der Waals surface area contributed by atoms with Crippen LogP contribution >= 0.6 is 11.3 Å². The molecule has 2 amide bonds. The third-order valence-corrected chi connectivity index (χ3v) is 5.94. The zero-order valence-electron chi connectivity index (χ0n) is 18.3. The van der Waals surface area contributed by atoms with E-state index in [2.05, 4.69) is 5.32 Å². The Morgan fingerprint density at radius 2 is 1.75 bits per heavy atom. The quantitative estimate of drug-likeness (QED) is 0.480. The summed E-state index contributed by atoms with van der Waals surface area (Å²) in [5.74, 6) is 0.410. The van der Waals surface area contributed by atoms with Gasteiger partial charge < -0.3 is 19.7 Å². The second kappa shape index (κ2) is 12.0. The van der Waals surface area contributed by atoms with Crippen LogP contribution in [0.4, 0.5) is 0 Å². The summed E-state index contributed by atoms with van der Waals surface area (Å²) in [5.41, 5.74) is 1.70. The van der Waals surface area contributed by atoms with Crippen molar-refractivity contribution in [2.75, 3.05) is 27.4 Å². The van der Waals surface area contributed by atoms with E-state index in [1.165, 1.54) is 11.3 Å². The first-order valence-electron chi connectivity index (χ1n) is 10.4. The SMILES string of the molecule is COCCN(C(=O)Cc1cccs1)[C@@H](C(=O)NCc1ccc(OC)cc1)c1ccccc1. The van der Waals surface area contributed by atoms with Gasteiger partial charge in [-0.05, 0) is 34.7 Å². The second-order valence-electron chi connectivity index (χ2n) is 7.22. The predicted octanol–water partition coefficient (Wildman–Crippen LogP) is 3.83. The number of ether oxygens (including phenoxy) is 2. The van der Waals surface area contributed by atoms with E-state index in [9.17, 15) is 9.59 Å². The highest BCUT2D eigenvalue weighted by Crippen LogP contribution is 2.23. The Morgan fingerprint density at radius 3 is 2.38 bits per heavy atom. The van der Waals surface area contributed by atoms with Crippen LogP contribution in [0.25, 0.3) is 0 Å². The van der Waals surface area contributed by atoms with Gasteiger partial charge in [0.1, 0.15) is 11.8 Å². The monoisotopic (exact) mass is 452 g/mol. The van der Waals surface area contributed by atoms with E-state index in [4.69, 9.17) is 9.47 Å². The number of hydrogen-bond acceptors (Lipinski definition) is 5. The average molecular weight is 453 g/mol. The highest BCUT2D eigenvalue weighted by molar-refractivity contribution is 7.10. The van der Waals surface area contributed by atoms with Crippen LogP contribution in [0.5, 0.6) is 5.75 Å². The van der Waals surface area contributed by atoms with Gasteiger partial charge in [-0.2, -0.15) is 0 Å². The summed E-state index contributed by atoms with van der Waals surface area (Å²) in [6.45, 7) is 1.00. The molecule has 1 aromatic heterocycles. The van der Waals surface area contributed by atoms with E-state index in [0.717, 1.165) is 21.8 Å². The number of methoxy groups -OCH3 is 2. The first kappa shape index (κ1) is 23.5. The lowest BCUT2D eigenvalue weighted by Gasteiger charge is -2.31. The van der Waals surface area contributed by atoms with Gasteiger partial charge in [-0.15, -0.1) is 11.3 Å². The maximum atomic E-state index is 13.4. The summed E-state index contributed by atoms with van der Waals surface area (Å²) in [6, 6.07) is 20.0. The molecule has 3 rings (SSSR count). The third-order valence-electron chi connectivity index (χ3n) is 5.06. The molecule has 3 aromatic rings. The molecule has 0 unspecified atom stereocenters. The molecule has 0 bridgehead atoms. The molecule has 0 aliphatic rings. The number of benzene rings is 2. The molecular formula is C25H28N2O4S. The van der Waals surface area contributed by atoms with Crippen molar-refractivity contribution in [3.63, 3.8) is 0 Å². The van der Waals surface area contributed by atoms with E-state index in [1.54, 1.807) is 19.1 Å². The van der Waals surface area contributed by atoms with Gasteiger partial charge in [0.15, 0.2) is 0 Å². The number of thiophene rings is 1. The number of carbonyl (C=O) groups is 2. The van der Waals surface area contributed by atoms with Crippen molar-refractivity contribution < 1.29 is 19.1 Å². The zero-order chi connectivity index (χ0) is 22.8. The largest absolute Gasteiger partial charge is 0.497 e. The number of hydrogen-bond donors (Lipinski definition) is 1. The molecule has 0 saturated carbocycles. The van der Waals surface area contributed by atoms with E-state index in [0.29, 0.717) is 19.7 Å². The topological polar surface area (TPSA) is 67.9 Å². The fourth-order valence-corrected chi connectivity index (χ4v) is 4.08. The minimum atomic E-state index is -0.753. The number of amides is 2. The van der Waals surface area contributed by atoms with E-state index < -0.39 is 6.04 Å². The molecule has 1 atom stereocenters. The first-order chi connectivity index (χ1) is 15.6. The Hall–Kier alpha value is -3.16. The molecule has 0 saturated heterocycles. The Kier molecular flexibility index (Phi) is 8.83. The van der Waals surface area contributed by atoms with Crippen LogP contribution in [0.15, 0.2) is 72.1 Å². The zero-order valence-corrected chi connectivity index (χ0v) is 19.1. The third kappa shape index (κ3) is 6.42. The standard InChI is InChI=1S/C25H28N2O4S/c1-30-15-14-27(23(28)17-22-9-6-16-32-22)24(20-7-4-3-5-8-20)25(29)26-18-19-10-12-21(31-2)13-11-19/h3-13,16,24H,14-15,17-18H2,1-2H3,(H,26,29)/t24-/m1/s1. The minimum absolute atomic E-state index is 0.113. The van der Waals surface area contributed by atoms with Gasteiger partial charge in [0.05, 0.1) is 20.1 Å². The molecule has 2 aromatic carbocycles. The lowest BCUT2D eigenvalue weighted by Crippen LogP contribution is -2.45. The molecule has 0 radical (unpaired) electrons. The number of rotatable bonds is 11. The van der Waals surface area contributed by atoms with Crippen molar-refractivity contribution in [2.45, 2.75) is 19.0 Å². The normalized spacial score (nSPS) is 11.6. The summed E-state index contributed by atoms with van der Waals surface area (Å²) in [4.78, 5) is 29.2. The Bertz CT molecular complexity index is 975. The molecule has 168 valence electrons. The van der Waals surface area contributed by atoms with Crippen LogP contribution in [-0.4, -0.2) is 44.1 Å². The second-order valence-corrected chi connectivity index (χ2v) is 8.25. The van der Waals surface area contributed by atoms with Crippen LogP contribution < -0.4 is 10.1 Å². The van der Waals surface area contributed by atoms with Crippen molar-refractivity contribution in [1.82, 2.24) is 10.2 Å². The number of nitrogens with one attached hydrogen (secondary N) is 1. The fraction of sp³-hybridized carbons (Fsp3) is 0.280. The summed E-state index contributed by atoms with van der Waals surface area (Å²) in [6.07, 6.45) is 0.247. The maximum Gasteiger partial charge on any atom is 0.247 e. The summed E-state index contributed by atoms with van der Waals surface area (Å²) >= 11 is 1.53. The Balaban J connectivity index is 1.82. The van der Waals surface area contributed by atoms with Gasteiger partial charge in [0.2, 0.25) is 11.8 Å². The maximum absolute atomic E-state index is 13.4. The van der Waals surface area contributed by atoms with Crippen LogP contribution in [0.2, 0.25) is 0 Å². The van der Waals surface area contributed by atoms with Gasteiger partial charge in [-0.25, -0.2) is 0 Å². The van der Waals surface area contributed by atoms with Crippen molar-refractivity contribution in [1.29, 1.82) is 0 Å². The molecular weight excluding hydrogens is 424 g/mol. The van der Waals surface area contributed by atoms with Crippen LogP contribution in [0.1, 0.15) is 22.0 Å². The van der Waals surface area contributed by atoms with Crippen LogP contribution in [0.3, 0.4) is 0 Å². The molecule has 0 spiro atoms. The Morgan fingerprint density at radius 1 is 1.00 bits per heavy atom. The molecule has 6 nitrogen and oxygen atoms in total. The highest BCUT2D eigenvalue weighted by atomic mass is 32.1. The van der Waals surface area contributed by atoms with E-state index in [1.807, 2.05) is 72.1 Å². The van der Waals surface area contributed by atoms with Gasteiger partial charge >= 0.3 is 0 Å². The average Bonchev–Trinajstić information content (AvgIpc) is 3.34. The smallest absolute Gasteiger partial charge is 0.247 e. The van der Waals surface area contributed by atoms with Gasteiger partial charge in [0.25, 0.3) is 0 Å². The van der Waals surface area contributed by atoms with Crippen LogP contribution in [-0.2, 0) is 27.3 Å². The highest BCUT2D eigenvalue weighted by Gasteiger charge is 2.31. The molecule has 0 fully saturated rings. The first-order valence-corrected chi connectivity index (χ1v) is 11.3. The van der Waals surface area contributed by atoms with E-state index in [-0.39, 0.29) is 18.2 Å². The molecule has 1 heterocycles. The van der Waals surface area contributed by atoms with Crippen molar-refractivity contribution >= 4 is 23.2 Å². The van der Waals surface area contributed by atoms with Gasteiger partial charge in [-0.3, -0.25) is 9.59 Å². The summed E-state index contributed by atoms with van der Waals surface area (Å²) < 4.78 is 10.4. The summed E-state index contributed by atoms with van der Waals surface area (Å²) in [5, 5.41) is 4.94. The van der Waals surface area contributed by atoms with E-state index >= 15 is 0 Å². The van der Waals surface area contributed by atoms with Gasteiger partial charge in [0, 0.05) is 25.1 Å². The molecule has 1 N–H and O–H groups in total. The molecule has 0 aliphatic carbocycles. The lowest BCUT2D eigenvalue weighted by molar-refractivity contribution is -0.141. The minimum Gasteiger partial charge on any atom is -0.497 e. The molecule has 32 heavy (non-hydrogen) atoms. The summed E-state index contributed by atoms with van der Waals surface area (Å²) in [7, 11) is 3.20.